The lowest BCUT2D eigenvalue weighted by atomic mass is 10.1. The zero-order chi connectivity index (χ0) is 22.9. The molecule has 1 aromatic rings. The lowest BCUT2D eigenvalue weighted by molar-refractivity contribution is -0.384. The molecule has 3 N–H and O–H groups in total. The Morgan fingerprint density at radius 2 is 1.67 bits per heavy atom. The lowest BCUT2D eigenvalue weighted by Gasteiger charge is -2.25. The van der Waals surface area contributed by atoms with Crippen molar-refractivity contribution in [2.24, 2.45) is 5.92 Å². The van der Waals surface area contributed by atoms with Gasteiger partial charge in [-0.1, -0.05) is 26.7 Å². The summed E-state index contributed by atoms with van der Waals surface area (Å²) in [6, 6.07) is 2.39. The van der Waals surface area contributed by atoms with Crippen LogP contribution in [0.3, 0.4) is 0 Å². The van der Waals surface area contributed by atoms with Gasteiger partial charge in [-0.15, -0.1) is 0 Å². The lowest BCUT2D eigenvalue weighted by Crippen LogP contribution is -2.42. The van der Waals surface area contributed by atoms with Gasteiger partial charge < -0.3 is 14.4 Å². The minimum atomic E-state index is -4.11. The number of carboxylic acid groups (broad SMARTS) is 1. The molecule has 0 spiro atoms. The first-order valence-corrected chi connectivity index (χ1v) is 11.1. The van der Waals surface area contributed by atoms with Gasteiger partial charge in [0.25, 0.3) is 5.69 Å². The van der Waals surface area contributed by atoms with Gasteiger partial charge in [-0.3, -0.25) is 19.7 Å². The summed E-state index contributed by atoms with van der Waals surface area (Å²) in [5.41, 5.74) is -0.199. The van der Waals surface area contributed by atoms with Gasteiger partial charge in [-0.2, -0.15) is 0 Å². The Morgan fingerprint density at radius 1 is 1.13 bits per heavy atom. The van der Waals surface area contributed by atoms with E-state index >= 15 is 0 Å². The highest BCUT2D eigenvalue weighted by molar-refractivity contribution is 7.55. The summed E-state index contributed by atoms with van der Waals surface area (Å²) in [5, 5.41) is 24.7. The number of nitrogens with one attached hydrogen (secondary N) is 2. The maximum atomic E-state index is 13.2. The summed E-state index contributed by atoms with van der Waals surface area (Å²) < 4.78 is 23.9. The predicted molar refractivity (Wildman–Crippen MR) is 109 cm³/mol. The third-order valence-electron chi connectivity index (χ3n) is 4.35. The SMILES string of the molecule is CCC(CC)COC(=O)C(C)NP(=O)(NC(C)C(=O)O)Oc1ccc([N+](=O)[O-])cc1. The van der Waals surface area contributed by atoms with Gasteiger partial charge in [0, 0.05) is 12.1 Å². The fourth-order valence-corrected chi connectivity index (χ4v) is 4.17. The molecule has 168 valence electrons. The number of benzene rings is 1. The first kappa shape index (κ1) is 25.5. The Balaban J connectivity index is 2.95. The molecular formula is C18H28N3O8P. The number of nitrogens with zero attached hydrogens (tertiary/aromatic N) is 1. The number of aliphatic carboxylic acids is 1. The smallest absolute Gasteiger partial charge is 0.391 e. The van der Waals surface area contributed by atoms with Crippen LogP contribution in [0.15, 0.2) is 24.3 Å². The van der Waals surface area contributed by atoms with Crippen LogP contribution < -0.4 is 14.7 Å². The van der Waals surface area contributed by atoms with E-state index in [1.807, 2.05) is 13.8 Å². The number of rotatable bonds is 13. The maximum Gasteiger partial charge on any atom is 0.391 e. The van der Waals surface area contributed by atoms with Crippen LogP contribution in [0.25, 0.3) is 0 Å². The van der Waals surface area contributed by atoms with Crippen molar-refractivity contribution < 1.29 is 33.4 Å². The third-order valence-corrected chi connectivity index (χ3v) is 6.27. The molecule has 11 nitrogen and oxygen atoms in total. The highest BCUT2D eigenvalue weighted by Gasteiger charge is 2.34. The Kier molecular flexibility index (Phi) is 9.91. The molecule has 1 aromatic carbocycles. The van der Waals surface area contributed by atoms with Crippen molar-refractivity contribution in [2.45, 2.75) is 52.6 Å². The van der Waals surface area contributed by atoms with Crippen LogP contribution in [-0.2, 0) is 18.9 Å². The number of carbonyl (C=O) groups is 2. The fraction of sp³-hybridized carbons (Fsp3) is 0.556. The maximum absolute atomic E-state index is 13.2. The van der Waals surface area contributed by atoms with E-state index in [-0.39, 0.29) is 24.0 Å². The molecular weight excluding hydrogens is 417 g/mol. The second-order valence-corrected chi connectivity index (χ2v) is 8.55. The predicted octanol–water partition coefficient (Wildman–Crippen LogP) is 3.10. The van der Waals surface area contributed by atoms with Crippen LogP contribution in [0.1, 0.15) is 40.5 Å². The van der Waals surface area contributed by atoms with Crippen molar-refractivity contribution in [3.63, 3.8) is 0 Å². The zero-order valence-corrected chi connectivity index (χ0v) is 18.3. The van der Waals surface area contributed by atoms with Crippen LogP contribution in [0.4, 0.5) is 5.69 Å². The Bertz CT molecular complexity index is 782. The quantitative estimate of drug-likeness (QED) is 0.178. The second kappa shape index (κ2) is 11.6. The molecule has 0 fully saturated rings. The molecule has 0 saturated heterocycles. The van der Waals surface area contributed by atoms with Gasteiger partial charge >= 0.3 is 19.6 Å². The number of carbonyl (C=O) groups excluding carboxylic acids is 1. The number of hydrogen-bond acceptors (Lipinski definition) is 7. The molecule has 3 atom stereocenters. The van der Waals surface area contributed by atoms with Gasteiger partial charge in [-0.05, 0) is 31.9 Å². The van der Waals surface area contributed by atoms with Gasteiger partial charge in [0.1, 0.15) is 17.8 Å². The number of carboxylic acids is 1. The highest BCUT2D eigenvalue weighted by Crippen LogP contribution is 2.40. The standard InChI is InChI=1S/C18H28N3O8P/c1-5-14(6-2)11-28-18(24)13(4)20-30(27,19-12(3)17(22)23)29-16-9-7-15(8-10-16)21(25)26/h7-10,12-14H,5-6,11H2,1-4H3,(H,22,23)(H2,19,20,27). The van der Waals surface area contributed by atoms with Gasteiger partial charge in [0.2, 0.25) is 0 Å². The number of nitro benzene ring substituents is 1. The summed E-state index contributed by atoms with van der Waals surface area (Å²) in [7, 11) is -4.11. The summed E-state index contributed by atoms with van der Waals surface area (Å²) in [6.07, 6.45) is 1.68. The van der Waals surface area contributed by atoms with Crippen LogP contribution in [0.5, 0.6) is 5.75 Å². The molecule has 30 heavy (non-hydrogen) atoms. The van der Waals surface area contributed by atoms with Crippen LogP contribution in [-0.4, -0.2) is 40.7 Å². The van der Waals surface area contributed by atoms with Crippen molar-refractivity contribution >= 4 is 25.3 Å². The average Bonchev–Trinajstić information content (AvgIpc) is 2.68. The average molecular weight is 445 g/mol. The molecule has 0 aromatic heterocycles. The van der Waals surface area contributed by atoms with E-state index in [1.54, 1.807) is 0 Å². The highest BCUT2D eigenvalue weighted by atomic mass is 31.2. The normalized spacial score (nSPS) is 15.1. The first-order chi connectivity index (χ1) is 14.0. The second-order valence-electron chi connectivity index (χ2n) is 6.75. The Labute approximate surface area is 174 Å². The molecule has 0 aliphatic carbocycles. The van der Waals surface area contributed by atoms with Crippen molar-refractivity contribution in [3.05, 3.63) is 34.4 Å². The van der Waals surface area contributed by atoms with E-state index in [0.29, 0.717) is 0 Å². The molecule has 0 radical (unpaired) electrons. The summed E-state index contributed by atoms with van der Waals surface area (Å²) in [4.78, 5) is 33.6. The molecule has 0 aliphatic rings. The summed E-state index contributed by atoms with van der Waals surface area (Å²) in [6.45, 7) is 6.84. The van der Waals surface area contributed by atoms with E-state index in [0.717, 1.165) is 25.0 Å². The van der Waals surface area contributed by atoms with Crippen LogP contribution in [0, 0.1) is 16.0 Å². The Morgan fingerprint density at radius 3 is 2.13 bits per heavy atom. The number of hydrogen-bond donors (Lipinski definition) is 3. The van der Waals surface area contributed by atoms with Crippen molar-refractivity contribution in [2.75, 3.05) is 6.61 Å². The minimum Gasteiger partial charge on any atom is -0.480 e. The fourth-order valence-electron chi connectivity index (χ4n) is 2.33. The van der Waals surface area contributed by atoms with E-state index < -0.39 is 36.6 Å². The van der Waals surface area contributed by atoms with Crippen LogP contribution in [0.2, 0.25) is 0 Å². The largest absolute Gasteiger partial charge is 0.480 e. The van der Waals surface area contributed by atoms with Gasteiger partial charge in [0.15, 0.2) is 0 Å². The number of ether oxygens (including phenoxy) is 1. The number of esters is 1. The van der Waals surface area contributed by atoms with E-state index in [9.17, 15) is 24.3 Å². The molecule has 0 aliphatic heterocycles. The molecule has 0 saturated carbocycles. The summed E-state index contributed by atoms with van der Waals surface area (Å²) >= 11 is 0. The number of nitro groups is 1. The zero-order valence-electron chi connectivity index (χ0n) is 17.4. The van der Waals surface area contributed by atoms with Crippen molar-refractivity contribution in [1.29, 1.82) is 0 Å². The van der Waals surface area contributed by atoms with E-state index in [1.165, 1.54) is 26.0 Å². The Hall–Kier alpha value is -2.49. The van der Waals surface area contributed by atoms with Crippen LogP contribution >= 0.6 is 7.67 Å². The first-order valence-electron chi connectivity index (χ1n) is 9.50. The topological polar surface area (TPSA) is 157 Å². The monoisotopic (exact) mass is 445 g/mol. The van der Waals surface area contributed by atoms with E-state index in [2.05, 4.69) is 10.2 Å². The molecule has 3 unspecified atom stereocenters. The molecule has 1 rings (SSSR count). The molecule has 0 heterocycles. The summed E-state index contributed by atoms with van der Waals surface area (Å²) in [5.74, 6) is -1.76. The minimum absolute atomic E-state index is 0.0147. The molecule has 0 amide bonds. The van der Waals surface area contributed by atoms with Crippen molar-refractivity contribution in [1.82, 2.24) is 10.2 Å². The molecule has 0 bridgehead atoms. The number of non-ortho nitro benzene ring substituents is 1. The molecule has 12 heteroatoms. The third kappa shape index (κ3) is 8.10. The van der Waals surface area contributed by atoms with Gasteiger partial charge in [0.05, 0.1) is 11.5 Å². The van der Waals surface area contributed by atoms with Gasteiger partial charge in [-0.25, -0.2) is 14.7 Å². The van der Waals surface area contributed by atoms with Crippen molar-refractivity contribution in [3.8, 4) is 5.75 Å². The van der Waals surface area contributed by atoms with E-state index in [4.69, 9.17) is 14.4 Å².